The molecule has 2 rings (SSSR count). The van der Waals surface area contributed by atoms with Crippen LogP contribution in [0.1, 0.15) is 51.6 Å². The van der Waals surface area contributed by atoms with Gasteiger partial charge in [0.1, 0.15) is 5.01 Å². The van der Waals surface area contributed by atoms with Crippen molar-refractivity contribution in [2.75, 3.05) is 6.61 Å². The number of nitrogens with one attached hydrogen (secondary N) is 1. The van der Waals surface area contributed by atoms with Crippen LogP contribution in [0.3, 0.4) is 0 Å². The van der Waals surface area contributed by atoms with Gasteiger partial charge < -0.3 is 10.1 Å². The normalized spacial score (nSPS) is 27.8. The van der Waals surface area contributed by atoms with Gasteiger partial charge in [0.15, 0.2) is 0 Å². The predicted molar refractivity (Wildman–Crippen MR) is 75.9 cm³/mol. The van der Waals surface area contributed by atoms with Gasteiger partial charge in [-0.05, 0) is 19.8 Å². The molecule has 1 N–H and O–H groups in total. The first-order valence-corrected chi connectivity index (χ1v) is 7.74. The molecule has 0 aliphatic heterocycles. The van der Waals surface area contributed by atoms with Gasteiger partial charge in [-0.1, -0.05) is 20.8 Å². The highest BCUT2D eigenvalue weighted by atomic mass is 32.1. The molecule has 3 unspecified atom stereocenters. The number of nitrogens with zero attached hydrogens (tertiary/aromatic N) is 1. The molecule has 1 heterocycles. The Kier molecular flexibility index (Phi) is 4.41. The number of hydrogen-bond acceptors (Lipinski definition) is 4. The Morgan fingerprint density at radius 1 is 1.56 bits per heavy atom. The van der Waals surface area contributed by atoms with Gasteiger partial charge in [0.25, 0.3) is 0 Å². The largest absolute Gasteiger partial charge is 0.378 e. The average molecular weight is 268 g/mol. The highest BCUT2D eigenvalue weighted by molar-refractivity contribution is 7.09. The summed E-state index contributed by atoms with van der Waals surface area (Å²) in [5.74, 6) is 0. The van der Waals surface area contributed by atoms with Gasteiger partial charge in [0.2, 0.25) is 0 Å². The van der Waals surface area contributed by atoms with E-state index in [0.29, 0.717) is 18.2 Å². The van der Waals surface area contributed by atoms with Crippen molar-refractivity contribution in [2.24, 2.45) is 5.41 Å². The molecule has 1 aromatic rings. The van der Waals surface area contributed by atoms with Crippen molar-refractivity contribution in [2.45, 2.75) is 58.7 Å². The Labute approximate surface area is 114 Å². The second-order valence-electron chi connectivity index (χ2n) is 5.55. The van der Waals surface area contributed by atoms with Gasteiger partial charge in [-0.2, -0.15) is 0 Å². The molecular weight excluding hydrogens is 244 g/mol. The molecule has 18 heavy (non-hydrogen) atoms. The van der Waals surface area contributed by atoms with Gasteiger partial charge in [-0.25, -0.2) is 4.98 Å². The van der Waals surface area contributed by atoms with E-state index >= 15 is 0 Å². The van der Waals surface area contributed by atoms with E-state index in [1.54, 1.807) is 11.3 Å². The molecule has 1 fully saturated rings. The van der Waals surface area contributed by atoms with E-state index < -0.39 is 0 Å². The molecule has 1 aliphatic carbocycles. The molecule has 102 valence electrons. The van der Waals surface area contributed by atoms with Crippen molar-refractivity contribution >= 4 is 11.3 Å². The number of aromatic nitrogens is 1. The maximum Gasteiger partial charge on any atom is 0.109 e. The number of hydrogen-bond donors (Lipinski definition) is 1. The molecule has 0 spiro atoms. The Bertz CT molecular complexity index is 364. The van der Waals surface area contributed by atoms with Crippen LogP contribution < -0.4 is 5.32 Å². The van der Waals surface area contributed by atoms with E-state index in [0.717, 1.165) is 19.4 Å². The summed E-state index contributed by atoms with van der Waals surface area (Å²) in [5, 5.41) is 7.00. The fourth-order valence-corrected chi connectivity index (χ4v) is 3.45. The van der Waals surface area contributed by atoms with Crippen LogP contribution in [0, 0.1) is 5.41 Å². The third-order valence-electron chi connectivity index (χ3n) is 4.11. The van der Waals surface area contributed by atoms with Crippen LogP contribution in [0.15, 0.2) is 11.6 Å². The molecule has 0 radical (unpaired) electrons. The molecule has 0 bridgehead atoms. The minimum atomic E-state index is 0.223. The van der Waals surface area contributed by atoms with Gasteiger partial charge in [-0.15, -0.1) is 11.3 Å². The molecule has 1 aliphatic rings. The third kappa shape index (κ3) is 2.60. The summed E-state index contributed by atoms with van der Waals surface area (Å²) in [6.45, 7) is 9.68. The average Bonchev–Trinajstić information content (AvgIpc) is 2.86. The molecule has 0 aromatic carbocycles. The first-order valence-electron chi connectivity index (χ1n) is 6.86. The SMILES string of the molecule is CCOC1CC(NC(CC)c2nccs2)C1(C)C. The summed E-state index contributed by atoms with van der Waals surface area (Å²) in [5.41, 5.74) is 0.223. The maximum absolute atomic E-state index is 5.78. The van der Waals surface area contributed by atoms with Gasteiger partial charge >= 0.3 is 0 Å². The first-order chi connectivity index (χ1) is 8.59. The molecule has 3 atom stereocenters. The van der Waals surface area contributed by atoms with Gasteiger partial charge in [0.05, 0.1) is 12.1 Å². The molecule has 1 aromatic heterocycles. The van der Waals surface area contributed by atoms with E-state index in [-0.39, 0.29) is 5.41 Å². The van der Waals surface area contributed by atoms with E-state index in [2.05, 4.69) is 43.4 Å². The van der Waals surface area contributed by atoms with Gasteiger partial charge in [0, 0.05) is 29.6 Å². The lowest BCUT2D eigenvalue weighted by atomic mass is 9.64. The Hall–Kier alpha value is -0.450. The molecule has 0 saturated heterocycles. The Balaban J connectivity index is 1.94. The number of ether oxygens (including phenoxy) is 1. The summed E-state index contributed by atoms with van der Waals surface area (Å²) < 4.78 is 5.78. The zero-order valence-corrected chi connectivity index (χ0v) is 12.6. The van der Waals surface area contributed by atoms with Crippen molar-refractivity contribution in [3.63, 3.8) is 0 Å². The lowest BCUT2D eigenvalue weighted by Gasteiger charge is -2.52. The van der Waals surface area contributed by atoms with Crippen LogP contribution in [-0.4, -0.2) is 23.7 Å². The second kappa shape index (κ2) is 5.68. The van der Waals surface area contributed by atoms with Crippen molar-refractivity contribution < 1.29 is 4.74 Å². The van der Waals surface area contributed by atoms with Crippen LogP contribution >= 0.6 is 11.3 Å². The Morgan fingerprint density at radius 3 is 2.83 bits per heavy atom. The van der Waals surface area contributed by atoms with Crippen LogP contribution in [0.2, 0.25) is 0 Å². The zero-order chi connectivity index (χ0) is 13.2. The van der Waals surface area contributed by atoms with E-state index in [1.807, 2.05) is 6.20 Å². The second-order valence-corrected chi connectivity index (χ2v) is 6.48. The fourth-order valence-electron chi connectivity index (χ4n) is 2.67. The predicted octanol–water partition coefficient (Wildman–Crippen LogP) is 3.39. The molecule has 4 heteroatoms. The van der Waals surface area contributed by atoms with E-state index in [9.17, 15) is 0 Å². The lowest BCUT2D eigenvalue weighted by Crippen LogP contribution is -2.61. The molecule has 1 saturated carbocycles. The summed E-state index contributed by atoms with van der Waals surface area (Å²) >= 11 is 1.74. The number of rotatable bonds is 6. The standard InChI is InChI=1S/C14H24N2OS/c1-5-10(13-15-7-8-18-13)16-11-9-12(17-6-2)14(11,3)4/h7-8,10-12,16H,5-6,9H2,1-4H3. The summed E-state index contributed by atoms with van der Waals surface area (Å²) in [7, 11) is 0. The molecule has 0 amide bonds. The zero-order valence-electron chi connectivity index (χ0n) is 11.8. The summed E-state index contributed by atoms with van der Waals surface area (Å²) in [6.07, 6.45) is 4.48. The minimum Gasteiger partial charge on any atom is -0.378 e. The monoisotopic (exact) mass is 268 g/mol. The Morgan fingerprint density at radius 2 is 2.33 bits per heavy atom. The number of thiazole rings is 1. The molecular formula is C14H24N2OS. The van der Waals surface area contributed by atoms with E-state index in [4.69, 9.17) is 4.74 Å². The van der Waals surface area contributed by atoms with Crippen molar-refractivity contribution in [3.8, 4) is 0 Å². The van der Waals surface area contributed by atoms with Crippen molar-refractivity contribution in [3.05, 3.63) is 16.6 Å². The van der Waals surface area contributed by atoms with Crippen LogP contribution in [-0.2, 0) is 4.74 Å². The third-order valence-corrected chi connectivity index (χ3v) is 4.99. The van der Waals surface area contributed by atoms with E-state index in [1.165, 1.54) is 5.01 Å². The van der Waals surface area contributed by atoms with Crippen LogP contribution in [0.4, 0.5) is 0 Å². The lowest BCUT2D eigenvalue weighted by molar-refractivity contribution is -0.116. The summed E-state index contributed by atoms with van der Waals surface area (Å²) in [6, 6.07) is 0.916. The first kappa shape index (κ1) is 14.0. The maximum atomic E-state index is 5.78. The highest BCUT2D eigenvalue weighted by Gasteiger charge is 2.49. The fraction of sp³-hybridized carbons (Fsp3) is 0.786. The topological polar surface area (TPSA) is 34.1 Å². The smallest absolute Gasteiger partial charge is 0.109 e. The van der Waals surface area contributed by atoms with Crippen LogP contribution in [0.5, 0.6) is 0 Å². The molecule has 3 nitrogen and oxygen atoms in total. The highest BCUT2D eigenvalue weighted by Crippen LogP contribution is 2.44. The minimum absolute atomic E-state index is 0.223. The van der Waals surface area contributed by atoms with Crippen molar-refractivity contribution in [1.29, 1.82) is 0 Å². The summed E-state index contributed by atoms with van der Waals surface area (Å²) in [4.78, 5) is 4.43. The van der Waals surface area contributed by atoms with Gasteiger partial charge in [-0.3, -0.25) is 0 Å². The quantitative estimate of drug-likeness (QED) is 0.858. The van der Waals surface area contributed by atoms with Crippen LogP contribution in [0.25, 0.3) is 0 Å². The van der Waals surface area contributed by atoms with Crippen molar-refractivity contribution in [1.82, 2.24) is 10.3 Å².